The Balaban J connectivity index is 2.14. The fourth-order valence-corrected chi connectivity index (χ4v) is 2.90. The first-order valence-corrected chi connectivity index (χ1v) is 7.02. The molecule has 0 aromatic heterocycles. The van der Waals surface area contributed by atoms with Crippen LogP contribution in [0.15, 0.2) is 18.2 Å². The number of benzene rings is 1. The van der Waals surface area contributed by atoms with Crippen LogP contribution in [0.3, 0.4) is 0 Å². The molecule has 0 heterocycles. The molecule has 0 spiro atoms. The lowest BCUT2D eigenvalue weighted by atomic mass is 9.86. The molecule has 0 N–H and O–H groups in total. The molecule has 1 amide bonds. The average Bonchev–Trinajstić information content (AvgIpc) is 2.37. The van der Waals surface area contributed by atoms with Crippen molar-refractivity contribution in [3.8, 4) is 0 Å². The van der Waals surface area contributed by atoms with Crippen LogP contribution in [0.4, 0.5) is 4.39 Å². The second-order valence-electron chi connectivity index (χ2n) is 5.82. The Bertz CT molecular complexity index is 472. The molecule has 1 aliphatic rings. The summed E-state index contributed by atoms with van der Waals surface area (Å²) in [6, 6.07) is 5.05. The molecule has 2 unspecified atom stereocenters. The van der Waals surface area contributed by atoms with Gasteiger partial charge in [-0.05, 0) is 43.4 Å². The Hall–Kier alpha value is -1.38. The zero-order valence-corrected chi connectivity index (χ0v) is 11.9. The van der Waals surface area contributed by atoms with Gasteiger partial charge in [0.25, 0.3) is 5.91 Å². The Morgan fingerprint density at radius 1 is 1.37 bits per heavy atom. The minimum Gasteiger partial charge on any atom is -0.339 e. The van der Waals surface area contributed by atoms with Gasteiger partial charge in [-0.25, -0.2) is 4.39 Å². The Morgan fingerprint density at radius 2 is 2.11 bits per heavy atom. The maximum absolute atomic E-state index is 13.9. The number of hydrogen-bond donors (Lipinski definition) is 0. The highest BCUT2D eigenvalue weighted by Crippen LogP contribution is 2.27. The summed E-state index contributed by atoms with van der Waals surface area (Å²) in [5.74, 6) is 0.0363. The van der Waals surface area contributed by atoms with Crippen molar-refractivity contribution in [3.63, 3.8) is 0 Å². The van der Waals surface area contributed by atoms with Crippen LogP contribution in [0.5, 0.6) is 0 Å². The second-order valence-corrected chi connectivity index (χ2v) is 5.82. The molecule has 0 aliphatic heterocycles. The number of hydrogen-bond acceptors (Lipinski definition) is 1. The van der Waals surface area contributed by atoms with E-state index in [4.69, 9.17) is 0 Å². The van der Waals surface area contributed by atoms with E-state index in [0.717, 1.165) is 24.8 Å². The Kier molecular flexibility index (Phi) is 4.23. The molecule has 1 saturated carbocycles. The van der Waals surface area contributed by atoms with Crippen molar-refractivity contribution >= 4 is 5.91 Å². The summed E-state index contributed by atoms with van der Waals surface area (Å²) in [7, 11) is 1.80. The van der Waals surface area contributed by atoms with E-state index >= 15 is 0 Å². The summed E-state index contributed by atoms with van der Waals surface area (Å²) in [6.07, 6.45) is 4.44. The summed E-state index contributed by atoms with van der Waals surface area (Å²) < 4.78 is 13.9. The number of halogens is 1. The van der Waals surface area contributed by atoms with Crippen molar-refractivity contribution in [1.82, 2.24) is 4.90 Å². The third-order valence-electron chi connectivity index (χ3n) is 4.13. The molecule has 0 bridgehead atoms. The molecule has 104 valence electrons. The number of rotatable bonds is 2. The molecular formula is C16H22FNO. The van der Waals surface area contributed by atoms with Gasteiger partial charge in [-0.15, -0.1) is 0 Å². The number of carbonyl (C=O) groups excluding carboxylic acids is 1. The number of aryl methyl sites for hydroxylation is 1. The smallest absolute Gasteiger partial charge is 0.256 e. The van der Waals surface area contributed by atoms with E-state index < -0.39 is 5.82 Å². The monoisotopic (exact) mass is 263 g/mol. The molecule has 2 atom stereocenters. The van der Waals surface area contributed by atoms with Crippen LogP contribution in [0.1, 0.15) is 48.5 Å². The average molecular weight is 263 g/mol. The van der Waals surface area contributed by atoms with Gasteiger partial charge in [-0.1, -0.05) is 25.8 Å². The van der Waals surface area contributed by atoms with Crippen molar-refractivity contribution < 1.29 is 9.18 Å². The summed E-state index contributed by atoms with van der Waals surface area (Å²) >= 11 is 0. The van der Waals surface area contributed by atoms with E-state index in [0.29, 0.717) is 5.92 Å². The predicted molar refractivity (Wildman–Crippen MR) is 74.7 cm³/mol. The summed E-state index contributed by atoms with van der Waals surface area (Å²) in [4.78, 5) is 14.1. The van der Waals surface area contributed by atoms with Crippen molar-refractivity contribution in [2.24, 2.45) is 5.92 Å². The van der Waals surface area contributed by atoms with Crippen LogP contribution in [0.25, 0.3) is 0 Å². The van der Waals surface area contributed by atoms with Crippen molar-refractivity contribution in [2.45, 2.75) is 45.6 Å². The lowest BCUT2D eigenvalue weighted by Crippen LogP contribution is -2.40. The maximum Gasteiger partial charge on any atom is 0.256 e. The SMILES string of the molecule is Cc1ccc(C(=O)N(C)C2CCCC(C)C2)c(F)c1. The Labute approximate surface area is 114 Å². The largest absolute Gasteiger partial charge is 0.339 e. The molecule has 1 aromatic rings. The molecular weight excluding hydrogens is 241 g/mol. The van der Waals surface area contributed by atoms with E-state index in [9.17, 15) is 9.18 Å². The minimum absolute atomic E-state index is 0.186. The van der Waals surface area contributed by atoms with Crippen molar-refractivity contribution in [3.05, 3.63) is 35.1 Å². The third-order valence-corrected chi connectivity index (χ3v) is 4.13. The lowest BCUT2D eigenvalue weighted by Gasteiger charge is -2.34. The summed E-state index contributed by atoms with van der Waals surface area (Å²) in [5.41, 5.74) is 1.02. The van der Waals surface area contributed by atoms with Gasteiger partial charge in [-0.3, -0.25) is 4.79 Å². The zero-order valence-electron chi connectivity index (χ0n) is 11.9. The van der Waals surface area contributed by atoms with E-state index in [1.807, 2.05) is 6.92 Å². The number of carbonyl (C=O) groups is 1. The van der Waals surface area contributed by atoms with Crippen LogP contribution in [-0.2, 0) is 0 Å². The van der Waals surface area contributed by atoms with Gasteiger partial charge >= 0.3 is 0 Å². The van der Waals surface area contributed by atoms with Crippen LogP contribution in [-0.4, -0.2) is 23.9 Å². The van der Waals surface area contributed by atoms with Crippen LogP contribution >= 0.6 is 0 Å². The molecule has 0 radical (unpaired) electrons. The third kappa shape index (κ3) is 3.14. The molecule has 1 aromatic carbocycles. The maximum atomic E-state index is 13.9. The first-order valence-electron chi connectivity index (χ1n) is 7.02. The lowest BCUT2D eigenvalue weighted by molar-refractivity contribution is 0.0667. The fraction of sp³-hybridized carbons (Fsp3) is 0.562. The predicted octanol–water partition coefficient (Wildman–Crippen LogP) is 3.78. The quantitative estimate of drug-likeness (QED) is 0.795. The van der Waals surface area contributed by atoms with E-state index in [-0.39, 0.29) is 17.5 Å². The number of amides is 1. The fourth-order valence-electron chi connectivity index (χ4n) is 2.90. The molecule has 3 heteroatoms. The minimum atomic E-state index is -0.416. The zero-order chi connectivity index (χ0) is 14.0. The van der Waals surface area contributed by atoms with E-state index in [1.165, 1.54) is 12.5 Å². The topological polar surface area (TPSA) is 20.3 Å². The van der Waals surface area contributed by atoms with Gasteiger partial charge < -0.3 is 4.90 Å². The normalized spacial score (nSPS) is 23.2. The van der Waals surface area contributed by atoms with Crippen molar-refractivity contribution in [2.75, 3.05) is 7.05 Å². The van der Waals surface area contributed by atoms with Gasteiger partial charge in [0.1, 0.15) is 5.82 Å². The van der Waals surface area contributed by atoms with Gasteiger partial charge in [0.2, 0.25) is 0 Å². The van der Waals surface area contributed by atoms with Crippen LogP contribution < -0.4 is 0 Å². The second kappa shape index (κ2) is 5.72. The van der Waals surface area contributed by atoms with Gasteiger partial charge in [0.05, 0.1) is 5.56 Å². The molecule has 2 nitrogen and oxygen atoms in total. The Morgan fingerprint density at radius 3 is 2.74 bits per heavy atom. The highest BCUT2D eigenvalue weighted by Gasteiger charge is 2.27. The highest BCUT2D eigenvalue weighted by atomic mass is 19.1. The molecule has 0 saturated heterocycles. The number of nitrogens with zero attached hydrogens (tertiary/aromatic N) is 1. The van der Waals surface area contributed by atoms with Crippen LogP contribution in [0.2, 0.25) is 0 Å². The molecule has 2 rings (SSSR count). The van der Waals surface area contributed by atoms with Crippen LogP contribution in [0, 0.1) is 18.7 Å². The molecule has 19 heavy (non-hydrogen) atoms. The summed E-state index contributed by atoms with van der Waals surface area (Å²) in [5, 5.41) is 0. The molecule has 1 aliphatic carbocycles. The first-order chi connectivity index (χ1) is 8.99. The highest BCUT2D eigenvalue weighted by molar-refractivity contribution is 5.94. The molecule has 1 fully saturated rings. The van der Waals surface area contributed by atoms with Crippen molar-refractivity contribution in [1.29, 1.82) is 0 Å². The van der Waals surface area contributed by atoms with Gasteiger partial charge in [0.15, 0.2) is 0 Å². The van der Waals surface area contributed by atoms with E-state index in [2.05, 4.69) is 6.92 Å². The summed E-state index contributed by atoms with van der Waals surface area (Å²) in [6.45, 7) is 4.04. The van der Waals surface area contributed by atoms with Gasteiger partial charge in [-0.2, -0.15) is 0 Å². The first kappa shape index (κ1) is 14.0. The standard InChI is InChI=1S/C16H22FNO/c1-11-5-4-6-13(9-11)18(3)16(19)14-8-7-12(2)10-15(14)17/h7-8,10-11,13H,4-6,9H2,1-3H3. The van der Waals surface area contributed by atoms with Gasteiger partial charge in [0, 0.05) is 13.1 Å². The van der Waals surface area contributed by atoms with E-state index in [1.54, 1.807) is 24.1 Å².